The van der Waals surface area contributed by atoms with E-state index in [-0.39, 0.29) is 31.1 Å². The summed E-state index contributed by atoms with van der Waals surface area (Å²) in [5.41, 5.74) is 0. The summed E-state index contributed by atoms with van der Waals surface area (Å²) < 4.78 is 17.0. The van der Waals surface area contributed by atoms with E-state index in [1.807, 2.05) is 0 Å². The molecule has 0 heterocycles. The van der Waals surface area contributed by atoms with Gasteiger partial charge in [-0.3, -0.25) is 14.4 Å². The molecule has 1 unspecified atom stereocenters. The zero-order valence-electron chi connectivity index (χ0n) is 49.7. The Labute approximate surface area is 456 Å². The van der Waals surface area contributed by atoms with Crippen molar-refractivity contribution in [3.8, 4) is 0 Å². The third-order valence-corrected chi connectivity index (χ3v) is 15.3. The van der Waals surface area contributed by atoms with Crippen LogP contribution in [0, 0.1) is 0 Å². The van der Waals surface area contributed by atoms with Crippen molar-refractivity contribution in [1.29, 1.82) is 0 Å². The van der Waals surface area contributed by atoms with Crippen LogP contribution < -0.4 is 0 Å². The minimum absolute atomic E-state index is 0.0650. The van der Waals surface area contributed by atoms with Crippen molar-refractivity contribution in [2.75, 3.05) is 13.2 Å². The molecule has 6 heteroatoms. The standard InChI is InChI=1S/C67H128O6/c1-4-7-10-13-16-19-22-25-28-31-32-33-34-37-39-42-45-48-51-54-57-60-66(69)72-63-64(73-67(70)61-58-55-52-49-46-43-40-36-30-27-24-21-18-15-12-9-6-3)62-71-65(68)59-56-53-50-47-44-41-38-35-29-26-23-20-17-14-11-8-5-2/h27,30,64H,4-26,28-29,31-63H2,1-3H3/b30-27-. The Morgan fingerprint density at radius 3 is 0.685 bits per heavy atom. The molecule has 0 aromatic heterocycles. The number of hydrogen-bond donors (Lipinski definition) is 0. The maximum absolute atomic E-state index is 12.9. The van der Waals surface area contributed by atoms with E-state index >= 15 is 0 Å². The highest BCUT2D eigenvalue weighted by Gasteiger charge is 2.19. The van der Waals surface area contributed by atoms with Gasteiger partial charge in [-0.15, -0.1) is 0 Å². The van der Waals surface area contributed by atoms with Crippen LogP contribution in [0.4, 0.5) is 0 Å². The Morgan fingerprint density at radius 2 is 0.452 bits per heavy atom. The first-order chi connectivity index (χ1) is 36.0. The molecule has 6 nitrogen and oxygen atoms in total. The van der Waals surface area contributed by atoms with Gasteiger partial charge in [0, 0.05) is 19.3 Å². The summed E-state index contributed by atoms with van der Waals surface area (Å²) >= 11 is 0. The normalized spacial score (nSPS) is 12.0. The van der Waals surface area contributed by atoms with Crippen LogP contribution in [0.25, 0.3) is 0 Å². The highest BCUT2D eigenvalue weighted by atomic mass is 16.6. The minimum Gasteiger partial charge on any atom is -0.462 e. The summed E-state index contributed by atoms with van der Waals surface area (Å²) in [7, 11) is 0. The van der Waals surface area contributed by atoms with Gasteiger partial charge in [0.1, 0.15) is 13.2 Å². The number of carbonyl (C=O) groups is 3. The lowest BCUT2D eigenvalue weighted by molar-refractivity contribution is -0.167. The Hall–Kier alpha value is -1.85. The molecule has 0 rings (SSSR count). The fourth-order valence-corrected chi connectivity index (χ4v) is 10.3. The van der Waals surface area contributed by atoms with E-state index in [4.69, 9.17) is 14.2 Å². The molecule has 0 spiro atoms. The summed E-state index contributed by atoms with van der Waals surface area (Å²) in [5.74, 6) is -0.836. The lowest BCUT2D eigenvalue weighted by Crippen LogP contribution is -2.30. The quantitative estimate of drug-likeness (QED) is 0.0261. The van der Waals surface area contributed by atoms with E-state index in [9.17, 15) is 14.4 Å². The van der Waals surface area contributed by atoms with Gasteiger partial charge >= 0.3 is 17.9 Å². The lowest BCUT2D eigenvalue weighted by atomic mass is 10.0. The molecule has 0 saturated carbocycles. The molecule has 0 fully saturated rings. The molecular weight excluding hydrogens is 901 g/mol. The molecule has 0 aliphatic carbocycles. The van der Waals surface area contributed by atoms with Crippen LogP contribution in [-0.4, -0.2) is 37.2 Å². The fourth-order valence-electron chi connectivity index (χ4n) is 10.3. The predicted molar refractivity (Wildman–Crippen MR) is 317 cm³/mol. The van der Waals surface area contributed by atoms with E-state index in [0.29, 0.717) is 19.3 Å². The maximum Gasteiger partial charge on any atom is 0.306 e. The minimum atomic E-state index is -0.768. The zero-order chi connectivity index (χ0) is 52.9. The molecule has 0 amide bonds. The van der Waals surface area contributed by atoms with Crippen LogP contribution in [0.15, 0.2) is 12.2 Å². The lowest BCUT2D eigenvalue weighted by Gasteiger charge is -2.18. The largest absolute Gasteiger partial charge is 0.462 e. The van der Waals surface area contributed by atoms with E-state index in [2.05, 4.69) is 32.9 Å². The summed E-state index contributed by atoms with van der Waals surface area (Å²) in [6, 6.07) is 0. The molecular formula is C67H128O6. The molecule has 0 N–H and O–H groups in total. The van der Waals surface area contributed by atoms with Crippen molar-refractivity contribution in [1.82, 2.24) is 0 Å². The molecule has 1 atom stereocenters. The van der Waals surface area contributed by atoms with Gasteiger partial charge in [0.2, 0.25) is 0 Å². The fraction of sp³-hybridized carbons (Fsp3) is 0.925. The SMILES string of the molecule is CCCCCCCC/C=C\CCCCCCCCCC(=O)OC(COC(=O)CCCCCCCCCCCCCCCCCCC)COC(=O)CCCCCCCCCCCCCCCCCCCCCCC. The molecule has 73 heavy (non-hydrogen) atoms. The molecule has 432 valence electrons. The Balaban J connectivity index is 4.28. The number of carbonyl (C=O) groups excluding carboxylic acids is 3. The number of ether oxygens (including phenoxy) is 3. The average molecular weight is 1030 g/mol. The number of allylic oxidation sites excluding steroid dienone is 2. The highest BCUT2D eigenvalue weighted by Crippen LogP contribution is 2.18. The van der Waals surface area contributed by atoms with Crippen molar-refractivity contribution in [2.45, 2.75) is 386 Å². The first-order valence-electron chi connectivity index (χ1n) is 33.2. The first-order valence-corrected chi connectivity index (χ1v) is 33.2. The molecule has 0 radical (unpaired) electrons. The van der Waals surface area contributed by atoms with Crippen molar-refractivity contribution < 1.29 is 28.6 Å². The van der Waals surface area contributed by atoms with Gasteiger partial charge in [-0.25, -0.2) is 0 Å². The van der Waals surface area contributed by atoms with E-state index < -0.39 is 6.10 Å². The third-order valence-electron chi connectivity index (χ3n) is 15.3. The summed E-state index contributed by atoms with van der Waals surface area (Å²) in [4.78, 5) is 38.4. The van der Waals surface area contributed by atoms with E-state index in [1.54, 1.807) is 0 Å². The van der Waals surface area contributed by atoms with Gasteiger partial charge in [-0.05, 0) is 44.9 Å². The summed E-state index contributed by atoms with van der Waals surface area (Å²) in [6.07, 6.45) is 73.6. The molecule has 0 aliphatic heterocycles. The number of hydrogen-bond acceptors (Lipinski definition) is 6. The van der Waals surface area contributed by atoms with Crippen molar-refractivity contribution in [3.63, 3.8) is 0 Å². The van der Waals surface area contributed by atoms with Crippen molar-refractivity contribution >= 4 is 17.9 Å². The van der Waals surface area contributed by atoms with Gasteiger partial charge in [0.15, 0.2) is 6.10 Å². The Bertz CT molecular complexity index is 1130. The first kappa shape index (κ1) is 71.2. The predicted octanol–water partition coefficient (Wildman–Crippen LogP) is 22.4. The second-order valence-corrected chi connectivity index (χ2v) is 22.7. The Morgan fingerprint density at radius 1 is 0.260 bits per heavy atom. The van der Waals surface area contributed by atoms with Gasteiger partial charge in [0.05, 0.1) is 0 Å². The number of esters is 3. The molecule has 0 aliphatic rings. The van der Waals surface area contributed by atoms with Gasteiger partial charge in [-0.2, -0.15) is 0 Å². The van der Waals surface area contributed by atoms with Crippen molar-refractivity contribution in [2.24, 2.45) is 0 Å². The van der Waals surface area contributed by atoms with Crippen LogP contribution >= 0.6 is 0 Å². The Kier molecular flexibility index (Phi) is 61.1. The van der Waals surface area contributed by atoms with Gasteiger partial charge in [-0.1, -0.05) is 328 Å². The van der Waals surface area contributed by atoms with Gasteiger partial charge in [0.25, 0.3) is 0 Å². The second-order valence-electron chi connectivity index (χ2n) is 22.7. The summed E-state index contributed by atoms with van der Waals surface area (Å²) in [5, 5.41) is 0. The molecule has 0 aromatic rings. The van der Waals surface area contributed by atoms with E-state index in [0.717, 1.165) is 57.8 Å². The monoisotopic (exact) mass is 1030 g/mol. The van der Waals surface area contributed by atoms with Crippen LogP contribution in [0.1, 0.15) is 380 Å². The van der Waals surface area contributed by atoms with Crippen molar-refractivity contribution in [3.05, 3.63) is 12.2 Å². The highest BCUT2D eigenvalue weighted by molar-refractivity contribution is 5.71. The van der Waals surface area contributed by atoms with Gasteiger partial charge < -0.3 is 14.2 Å². The van der Waals surface area contributed by atoms with Crippen LogP contribution in [0.2, 0.25) is 0 Å². The molecule has 0 bridgehead atoms. The molecule has 0 saturated heterocycles. The third kappa shape index (κ3) is 60.9. The van der Waals surface area contributed by atoms with Crippen LogP contribution in [-0.2, 0) is 28.6 Å². The smallest absolute Gasteiger partial charge is 0.306 e. The number of rotatable bonds is 62. The van der Waals surface area contributed by atoms with Crippen LogP contribution in [0.3, 0.4) is 0 Å². The number of unbranched alkanes of at least 4 members (excludes halogenated alkanes) is 49. The second kappa shape index (κ2) is 62.7. The van der Waals surface area contributed by atoms with Crippen LogP contribution in [0.5, 0.6) is 0 Å². The summed E-state index contributed by atoms with van der Waals surface area (Å²) in [6.45, 7) is 6.72. The zero-order valence-corrected chi connectivity index (χ0v) is 49.7. The topological polar surface area (TPSA) is 78.9 Å². The van der Waals surface area contributed by atoms with E-state index in [1.165, 1.54) is 283 Å². The average Bonchev–Trinajstić information content (AvgIpc) is 3.39. The maximum atomic E-state index is 12.9. The molecule has 0 aromatic carbocycles.